The maximum atomic E-state index is 12.0. The molecule has 1 fully saturated rings. The van der Waals surface area contributed by atoms with Crippen molar-refractivity contribution in [2.24, 2.45) is 5.92 Å². The number of alkyl halides is 1. The fourth-order valence-electron chi connectivity index (χ4n) is 1.94. The summed E-state index contributed by atoms with van der Waals surface area (Å²) in [5.41, 5.74) is -0.673. The van der Waals surface area contributed by atoms with E-state index in [1.54, 1.807) is 20.8 Å². The zero-order valence-electron chi connectivity index (χ0n) is 16.7. The van der Waals surface area contributed by atoms with Crippen LogP contribution < -0.4 is 0 Å². The summed E-state index contributed by atoms with van der Waals surface area (Å²) >= 11 is 3.25. The molecule has 0 aromatic heterocycles. The van der Waals surface area contributed by atoms with Crippen LogP contribution in [-0.2, 0) is 19.1 Å². The smallest absolute Gasteiger partial charge is 0.417 e. The van der Waals surface area contributed by atoms with E-state index >= 15 is 0 Å². The van der Waals surface area contributed by atoms with Crippen LogP contribution in [0, 0.1) is 5.92 Å². The van der Waals surface area contributed by atoms with E-state index in [1.807, 2.05) is 27.7 Å². The largest absolute Gasteiger partial charge is 0.443 e. The second-order valence-electron chi connectivity index (χ2n) is 5.91. The van der Waals surface area contributed by atoms with E-state index in [9.17, 15) is 14.4 Å². The Bertz CT molecular complexity index is 407. The van der Waals surface area contributed by atoms with Gasteiger partial charge in [0.2, 0.25) is 5.91 Å². The molecule has 0 N–H and O–H groups in total. The van der Waals surface area contributed by atoms with Crippen LogP contribution in [0.2, 0.25) is 0 Å². The van der Waals surface area contributed by atoms with Gasteiger partial charge in [-0.05, 0) is 27.2 Å². The zero-order chi connectivity index (χ0) is 20.0. The maximum absolute atomic E-state index is 12.0. The number of imide groups is 1. The number of ketones is 1. The SMILES string of the molecule is CC.CC.CC(C)(C)OC(=O)N1CC(CCOCCBr)C(=O)CC1=O. The summed E-state index contributed by atoms with van der Waals surface area (Å²) in [4.78, 5) is 36.7. The molecule has 0 aliphatic carbocycles. The van der Waals surface area contributed by atoms with Crippen LogP contribution in [0.3, 0.4) is 0 Å². The van der Waals surface area contributed by atoms with E-state index in [4.69, 9.17) is 9.47 Å². The van der Waals surface area contributed by atoms with E-state index in [-0.39, 0.29) is 24.7 Å². The van der Waals surface area contributed by atoms with Gasteiger partial charge in [0.15, 0.2) is 0 Å². The first kappa shape index (κ1) is 26.3. The summed E-state index contributed by atoms with van der Waals surface area (Å²) in [5, 5.41) is 0.730. The lowest BCUT2D eigenvalue weighted by Crippen LogP contribution is -2.49. The molecular formula is C18H34BrNO5. The topological polar surface area (TPSA) is 72.9 Å². The molecule has 0 bridgehead atoms. The lowest BCUT2D eigenvalue weighted by Gasteiger charge is -2.31. The Morgan fingerprint density at radius 3 is 2.20 bits per heavy atom. The van der Waals surface area contributed by atoms with Gasteiger partial charge in [-0.2, -0.15) is 0 Å². The first-order valence-electron chi connectivity index (χ1n) is 8.94. The number of Topliss-reactive ketones (excluding diaryl/α,β-unsaturated/α-hetero) is 1. The Balaban J connectivity index is 0. The van der Waals surface area contributed by atoms with E-state index in [1.165, 1.54) is 0 Å². The Kier molecular flexibility index (Phi) is 15.0. The van der Waals surface area contributed by atoms with E-state index in [0.717, 1.165) is 10.2 Å². The molecule has 1 saturated heterocycles. The number of piperidine rings is 1. The summed E-state index contributed by atoms with van der Waals surface area (Å²) in [6.07, 6.45) is -0.438. The molecule has 25 heavy (non-hydrogen) atoms. The van der Waals surface area contributed by atoms with E-state index in [0.29, 0.717) is 19.6 Å². The molecule has 1 rings (SSSR count). The first-order valence-corrected chi connectivity index (χ1v) is 10.1. The molecule has 2 amide bonds. The third-order valence-corrected chi connectivity index (χ3v) is 3.25. The maximum Gasteiger partial charge on any atom is 0.417 e. The Morgan fingerprint density at radius 1 is 1.16 bits per heavy atom. The van der Waals surface area contributed by atoms with Gasteiger partial charge in [0.05, 0.1) is 13.0 Å². The van der Waals surface area contributed by atoms with Crippen molar-refractivity contribution in [3.05, 3.63) is 0 Å². The van der Waals surface area contributed by atoms with Gasteiger partial charge in [0, 0.05) is 24.4 Å². The predicted molar refractivity (Wildman–Crippen MR) is 103 cm³/mol. The Labute approximate surface area is 160 Å². The molecule has 1 heterocycles. The normalized spacial score (nSPS) is 17.1. The van der Waals surface area contributed by atoms with Crippen molar-refractivity contribution in [1.29, 1.82) is 0 Å². The molecule has 1 aliphatic rings. The predicted octanol–water partition coefficient (Wildman–Crippen LogP) is 4.19. The highest BCUT2D eigenvalue weighted by Gasteiger charge is 2.37. The van der Waals surface area contributed by atoms with Gasteiger partial charge in [0.25, 0.3) is 0 Å². The second kappa shape index (κ2) is 14.2. The number of ether oxygens (including phenoxy) is 2. The Morgan fingerprint density at radius 2 is 1.72 bits per heavy atom. The molecule has 1 atom stereocenters. The van der Waals surface area contributed by atoms with Crippen molar-refractivity contribution in [1.82, 2.24) is 4.90 Å². The third kappa shape index (κ3) is 11.3. The molecule has 1 unspecified atom stereocenters. The molecule has 7 heteroatoms. The molecule has 0 saturated carbocycles. The number of nitrogens with zero attached hydrogens (tertiary/aromatic N) is 1. The van der Waals surface area contributed by atoms with Crippen molar-refractivity contribution >= 4 is 33.7 Å². The number of likely N-dealkylation sites (tertiary alicyclic amines) is 1. The van der Waals surface area contributed by atoms with Crippen molar-refractivity contribution < 1.29 is 23.9 Å². The van der Waals surface area contributed by atoms with Gasteiger partial charge in [-0.25, -0.2) is 9.69 Å². The van der Waals surface area contributed by atoms with E-state index < -0.39 is 17.6 Å². The van der Waals surface area contributed by atoms with Gasteiger partial charge < -0.3 is 9.47 Å². The fraction of sp³-hybridized carbons (Fsp3) is 0.833. The average Bonchev–Trinajstić information content (AvgIpc) is 2.55. The minimum Gasteiger partial charge on any atom is -0.443 e. The van der Waals surface area contributed by atoms with Gasteiger partial charge in [-0.1, -0.05) is 43.6 Å². The van der Waals surface area contributed by atoms with Gasteiger partial charge in [-0.15, -0.1) is 0 Å². The molecule has 1 aliphatic heterocycles. The number of carbonyl (C=O) groups is 3. The average molecular weight is 424 g/mol. The summed E-state index contributed by atoms with van der Waals surface area (Å²) in [5.74, 6) is -1.00. The lowest BCUT2D eigenvalue weighted by atomic mass is 9.93. The van der Waals surface area contributed by atoms with Crippen LogP contribution in [0.25, 0.3) is 0 Å². The van der Waals surface area contributed by atoms with Crippen LogP contribution in [0.15, 0.2) is 0 Å². The van der Waals surface area contributed by atoms with Crippen molar-refractivity contribution in [2.75, 3.05) is 25.1 Å². The number of hydrogen-bond acceptors (Lipinski definition) is 5. The van der Waals surface area contributed by atoms with Crippen LogP contribution in [0.1, 0.15) is 61.3 Å². The quantitative estimate of drug-likeness (QED) is 0.376. The molecule has 0 aromatic rings. The third-order valence-electron chi connectivity index (χ3n) is 2.93. The van der Waals surface area contributed by atoms with Crippen molar-refractivity contribution in [2.45, 2.75) is 66.9 Å². The van der Waals surface area contributed by atoms with Crippen LogP contribution in [-0.4, -0.2) is 53.4 Å². The number of halogens is 1. The monoisotopic (exact) mass is 423 g/mol. The zero-order valence-corrected chi connectivity index (χ0v) is 18.3. The summed E-state index contributed by atoms with van der Waals surface area (Å²) in [7, 11) is 0. The number of hydrogen-bond donors (Lipinski definition) is 0. The first-order chi connectivity index (χ1) is 11.7. The molecule has 0 aromatic carbocycles. The number of rotatable bonds is 5. The minimum absolute atomic E-state index is 0.0737. The summed E-state index contributed by atoms with van der Waals surface area (Å²) < 4.78 is 10.5. The standard InChI is InChI=1S/C14H22BrNO5.2C2H6/c1-14(2,3)21-13(19)16-9-10(4-6-20-7-5-15)11(17)8-12(16)18;2*1-2/h10H,4-9H2,1-3H3;2*1-2H3. The van der Waals surface area contributed by atoms with E-state index in [2.05, 4.69) is 15.9 Å². The fourth-order valence-corrected chi connectivity index (χ4v) is 2.17. The number of amides is 2. The van der Waals surface area contributed by atoms with Gasteiger partial charge in [-0.3, -0.25) is 9.59 Å². The highest BCUT2D eigenvalue weighted by Crippen LogP contribution is 2.20. The highest BCUT2D eigenvalue weighted by molar-refractivity contribution is 9.09. The molecule has 148 valence electrons. The summed E-state index contributed by atoms with van der Waals surface area (Å²) in [6, 6.07) is 0. The summed E-state index contributed by atoms with van der Waals surface area (Å²) in [6.45, 7) is 14.3. The molecule has 0 radical (unpaired) electrons. The van der Waals surface area contributed by atoms with Crippen LogP contribution in [0.5, 0.6) is 0 Å². The van der Waals surface area contributed by atoms with Gasteiger partial charge >= 0.3 is 6.09 Å². The van der Waals surface area contributed by atoms with Gasteiger partial charge in [0.1, 0.15) is 11.4 Å². The molecule has 6 nitrogen and oxygen atoms in total. The van der Waals surface area contributed by atoms with Crippen molar-refractivity contribution in [3.63, 3.8) is 0 Å². The molecule has 0 spiro atoms. The number of carbonyl (C=O) groups excluding carboxylic acids is 3. The lowest BCUT2D eigenvalue weighted by molar-refractivity contribution is -0.142. The second-order valence-corrected chi connectivity index (χ2v) is 6.71. The van der Waals surface area contributed by atoms with Crippen LogP contribution in [0.4, 0.5) is 4.79 Å². The Hall–Kier alpha value is -0.950. The minimum atomic E-state index is -0.689. The van der Waals surface area contributed by atoms with Crippen LogP contribution >= 0.6 is 15.9 Å². The van der Waals surface area contributed by atoms with Crippen molar-refractivity contribution in [3.8, 4) is 0 Å². The molecular weight excluding hydrogens is 390 g/mol. The highest BCUT2D eigenvalue weighted by atomic mass is 79.9.